The number of hydrogen-bond acceptors (Lipinski definition) is 6. The lowest BCUT2D eigenvalue weighted by atomic mass is 10.2. The molecule has 5 nitrogen and oxygen atoms in total. The number of aliphatic hydroxyl groups excluding tert-OH is 1. The summed E-state index contributed by atoms with van der Waals surface area (Å²) in [6.07, 6.45) is 2.39. The van der Waals surface area contributed by atoms with Crippen molar-refractivity contribution in [1.82, 2.24) is 15.3 Å². The van der Waals surface area contributed by atoms with Crippen LogP contribution in [0.3, 0.4) is 0 Å². The molecule has 1 unspecified atom stereocenters. The minimum atomic E-state index is -0.255. The highest BCUT2D eigenvalue weighted by atomic mass is 32.1. The summed E-state index contributed by atoms with van der Waals surface area (Å²) in [7, 11) is 0. The fraction of sp³-hybridized carbons (Fsp3) is 0.364. The van der Waals surface area contributed by atoms with Crippen molar-refractivity contribution in [2.75, 3.05) is 6.61 Å². The number of carbonyl (C=O) groups excluding carboxylic acids is 1. The Labute approximate surface area is 113 Å². The quantitative estimate of drug-likeness (QED) is 0.877. The first-order chi connectivity index (χ1) is 8.74. The van der Waals surface area contributed by atoms with Gasteiger partial charge in [0, 0.05) is 17.0 Å². The molecule has 0 aliphatic rings. The van der Waals surface area contributed by atoms with Gasteiger partial charge < -0.3 is 10.4 Å². The third-order valence-corrected chi connectivity index (χ3v) is 4.16. The summed E-state index contributed by atoms with van der Waals surface area (Å²) >= 11 is 2.88. The number of thiazole rings is 2. The average Bonchev–Trinajstić information content (AvgIpc) is 3.04. The van der Waals surface area contributed by atoms with E-state index in [-0.39, 0.29) is 18.6 Å². The van der Waals surface area contributed by atoms with Crippen molar-refractivity contribution < 1.29 is 9.90 Å². The van der Waals surface area contributed by atoms with Crippen molar-refractivity contribution in [3.8, 4) is 10.0 Å². The molecule has 1 amide bonds. The van der Waals surface area contributed by atoms with Crippen molar-refractivity contribution in [1.29, 1.82) is 0 Å². The van der Waals surface area contributed by atoms with E-state index in [4.69, 9.17) is 5.11 Å². The van der Waals surface area contributed by atoms with Crippen molar-refractivity contribution >= 4 is 28.6 Å². The van der Waals surface area contributed by atoms with Crippen LogP contribution in [0.5, 0.6) is 0 Å². The average molecular weight is 283 g/mol. The predicted octanol–water partition coefficient (Wildman–Crippen LogP) is 1.77. The van der Waals surface area contributed by atoms with Gasteiger partial charge in [-0.25, -0.2) is 9.97 Å². The number of hydrogen-bond donors (Lipinski definition) is 2. The fourth-order valence-electron chi connectivity index (χ4n) is 1.34. The molecule has 0 saturated carbocycles. The molecule has 0 spiro atoms. The zero-order valence-electron chi connectivity index (χ0n) is 9.79. The lowest BCUT2D eigenvalue weighted by Crippen LogP contribution is -2.37. The molecule has 2 aromatic rings. The molecule has 2 N–H and O–H groups in total. The van der Waals surface area contributed by atoms with Gasteiger partial charge in [-0.1, -0.05) is 6.92 Å². The first kappa shape index (κ1) is 13.1. The number of amides is 1. The molecule has 0 aliphatic heterocycles. The van der Waals surface area contributed by atoms with Crippen molar-refractivity contribution in [3.63, 3.8) is 0 Å². The Kier molecular flexibility index (Phi) is 4.40. The molecule has 96 valence electrons. The predicted molar refractivity (Wildman–Crippen MR) is 71.9 cm³/mol. The summed E-state index contributed by atoms with van der Waals surface area (Å²) in [6.45, 7) is 1.84. The van der Waals surface area contributed by atoms with Gasteiger partial charge in [0.05, 0.1) is 12.6 Å². The molecular weight excluding hydrogens is 270 g/mol. The SMILES string of the molecule is CCC(CO)NC(=O)c1csc(-c2nccs2)n1. The second kappa shape index (κ2) is 6.03. The van der Waals surface area contributed by atoms with Gasteiger partial charge in [-0.2, -0.15) is 0 Å². The molecule has 2 aromatic heterocycles. The van der Waals surface area contributed by atoms with Crippen molar-refractivity contribution in [2.45, 2.75) is 19.4 Å². The van der Waals surface area contributed by atoms with E-state index in [0.717, 1.165) is 10.0 Å². The van der Waals surface area contributed by atoms with Crippen LogP contribution in [0.25, 0.3) is 10.0 Å². The number of nitrogens with zero attached hydrogens (tertiary/aromatic N) is 2. The zero-order chi connectivity index (χ0) is 13.0. The number of carbonyl (C=O) groups is 1. The maximum Gasteiger partial charge on any atom is 0.271 e. The van der Waals surface area contributed by atoms with Gasteiger partial charge in [-0.3, -0.25) is 4.79 Å². The Balaban J connectivity index is 2.08. The van der Waals surface area contributed by atoms with Gasteiger partial charge >= 0.3 is 0 Å². The van der Waals surface area contributed by atoms with Crippen LogP contribution in [0.2, 0.25) is 0 Å². The largest absolute Gasteiger partial charge is 0.394 e. The number of rotatable bonds is 5. The van der Waals surface area contributed by atoms with E-state index in [2.05, 4.69) is 15.3 Å². The molecule has 0 saturated heterocycles. The van der Waals surface area contributed by atoms with Crippen LogP contribution >= 0.6 is 22.7 Å². The molecule has 2 heterocycles. The molecule has 0 bridgehead atoms. The normalized spacial score (nSPS) is 12.3. The summed E-state index contributed by atoms with van der Waals surface area (Å²) in [5.74, 6) is -0.255. The Morgan fingerprint density at radius 3 is 2.94 bits per heavy atom. The number of aromatic nitrogens is 2. The van der Waals surface area contributed by atoms with E-state index in [1.54, 1.807) is 11.6 Å². The van der Waals surface area contributed by atoms with Gasteiger partial charge in [0.15, 0.2) is 10.0 Å². The smallest absolute Gasteiger partial charge is 0.271 e. The van der Waals surface area contributed by atoms with E-state index >= 15 is 0 Å². The van der Waals surface area contributed by atoms with E-state index in [0.29, 0.717) is 12.1 Å². The summed E-state index contributed by atoms with van der Waals surface area (Å²) in [4.78, 5) is 20.3. The van der Waals surface area contributed by atoms with Gasteiger partial charge in [-0.15, -0.1) is 22.7 Å². The third-order valence-electron chi connectivity index (χ3n) is 2.40. The maximum atomic E-state index is 11.9. The summed E-state index contributed by atoms with van der Waals surface area (Å²) in [6, 6.07) is -0.220. The van der Waals surface area contributed by atoms with Crippen LogP contribution in [0.4, 0.5) is 0 Å². The van der Waals surface area contributed by atoms with Crippen LogP contribution in [0.1, 0.15) is 23.8 Å². The molecule has 2 rings (SSSR count). The standard InChI is InChI=1S/C11H13N3O2S2/c1-2-7(5-15)13-9(16)8-6-18-11(14-8)10-12-3-4-17-10/h3-4,6-7,15H,2,5H2,1H3,(H,13,16). The highest BCUT2D eigenvalue weighted by Crippen LogP contribution is 2.25. The minimum absolute atomic E-state index is 0.0638. The molecule has 18 heavy (non-hydrogen) atoms. The van der Waals surface area contributed by atoms with Crippen LogP contribution in [-0.2, 0) is 0 Å². The molecular formula is C11H13N3O2S2. The Hall–Kier alpha value is -1.31. The lowest BCUT2D eigenvalue weighted by Gasteiger charge is -2.12. The van der Waals surface area contributed by atoms with E-state index in [1.165, 1.54) is 22.7 Å². The van der Waals surface area contributed by atoms with Gasteiger partial charge in [-0.05, 0) is 6.42 Å². The second-order valence-electron chi connectivity index (χ2n) is 3.64. The summed E-state index contributed by atoms with van der Waals surface area (Å²) in [5, 5.41) is 16.9. The topological polar surface area (TPSA) is 75.1 Å². The first-order valence-corrected chi connectivity index (χ1v) is 7.27. The van der Waals surface area contributed by atoms with Crippen LogP contribution in [0.15, 0.2) is 17.0 Å². The lowest BCUT2D eigenvalue weighted by molar-refractivity contribution is 0.0910. The summed E-state index contributed by atoms with van der Waals surface area (Å²) < 4.78 is 0. The second-order valence-corrected chi connectivity index (χ2v) is 5.39. The van der Waals surface area contributed by atoms with Crippen molar-refractivity contribution in [2.24, 2.45) is 0 Å². The van der Waals surface area contributed by atoms with Gasteiger partial charge in [0.25, 0.3) is 5.91 Å². The Morgan fingerprint density at radius 1 is 1.50 bits per heavy atom. The summed E-state index contributed by atoms with van der Waals surface area (Å²) in [5.41, 5.74) is 0.372. The van der Waals surface area contributed by atoms with E-state index in [9.17, 15) is 4.79 Å². The highest BCUT2D eigenvalue weighted by Gasteiger charge is 2.15. The number of aliphatic hydroxyl groups is 1. The van der Waals surface area contributed by atoms with Gasteiger partial charge in [0.1, 0.15) is 5.69 Å². The minimum Gasteiger partial charge on any atom is -0.394 e. The molecule has 7 heteroatoms. The molecule has 1 atom stereocenters. The van der Waals surface area contributed by atoms with E-state index < -0.39 is 0 Å². The van der Waals surface area contributed by atoms with Crippen molar-refractivity contribution in [3.05, 3.63) is 22.7 Å². The third kappa shape index (κ3) is 2.92. The van der Waals surface area contributed by atoms with E-state index in [1.807, 2.05) is 12.3 Å². The van der Waals surface area contributed by atoms with Crippen LogP contribution in [-0.4, -0.2) is 33.6 Å². The fourth-order valence-corrected chi connectivity index (χ4v) is 2.84. The van der Waals surface area contributed by atoms with Crippen LogP contribution < -0.4 is 5.32 Å². The molecule has 0 fully saturated rings. The Morgan fingerprint density at radius 2 is 2.33 bits per heavy atom. The molecule has 0 radical (unpaired) electrons. The van der Waals surface area contributed by atoms with Gasteiger partial charge in [0.2, 0.25) is 0 Å². The molecule has 0 aromatic carbocycles. The highest BCUT2D eigenvalue weighted by molar-refractivity contribution is 7.19. The maximum absolute atomic E-state index is 11.9. The Bertz CT molecular complexity index is 506. The molecule has 0 aliphatic carbocycles. The monoisotopic (exact) mass is 283 g/mol. The number of nitrogens with one attached hydrogen (secondary N) is 1. The van der Waals surface area contributed by atoms with Crippen LogP contribution in [0, 0.1) is 0 Å². The first-order valence-electron chi connectivity index (χ1n) is 5.51. The zero-order valence-corrected chi connectivity index (χ0v) is 11.4.